The van der Waals surface area contributed by atoms with Crippen molar-refractivity contribution < 1.29 is 36.7 Å². The van der Waals surface area contributed by atoms with Gasteiger partial charge < -0.3 is 15.6 Å². The summed E-state index contributed by atoms with van der Waals surface area (Å²) in [6.07, 6.45) is -3.80. The minimum absolute atomic E-state index is 0.0566. The van der Waals surface area contributed by atoms with Gasteiger partial charge >= 0.3 is 6.18 Å². The van der Waals surface area contributed by atoms with Crippen LogP contribution in [-0.2, 0) is 44.6 Å². The van der Waals surface area contributed by atoms with Crippen molar-refractivity contribution in [1.29, 1.82) is 0 Å². The van der Waals surface area contributed by atoms with Gasteiger partial charge in [0.05, 0.1) is 11.1 Å². The van der Waals surface area contributed by atoms with Gasteiger partial charge in [-0.25, -0.2) is 4.39 Å². The van der Waals surface area contributed by atoms with E-state index in [-0.39, 0.29) is 73.0 Å². The van der Waals surface area contributed by atoms with Crippen LogP contribution in [0.2, 0.25) is 0 Å². The highest BCUT2D eigenvalue weighted by molar-refractivity contribution is 5.99. The van der Waals surface area contributed by atoms with E-state index in [1.807, 2.05) is 13.8 Å². The summed E-state index contributed by atoms with van der Waals surface area (Å²) in [4.78, 5) is 56.6. The maximum absolute atomic E-state index is 14.2. The van der Waals surface area contributed by atoms with Crippen LogP contribution >= 0.6 is 0 Å². The summed E-state index contributed by atoms with van der Waals surface area (Å²) in [5, 5.41) is 6.02. The molecule has 0 bridgehead atoms. The van der Waals surface area contributed by atoms with Gasteiger partial charge in [0.15, 0.2) is 5.78 Å². The van der Waals surface area contributed by atoms with Crippen molar-refractivity contribution in [3.05, 3.63) is 70.7 Å². The molecular weight excluding hydrogens is 590 g/mol. The number of aromatic nitrogens is 1. The molecule has 0 spiro atoms. The topological polar surface area (TPSA) is 108 Å². The van der Waals surface area contributed by atoms with Crippen molar-refractivity contribution >= 4 is 34.3 Å². The maximum atomic E-state index is 14.2. The summed E-state index contributed by atoms with van der Waals surface area (Å²) in [6, 6.07) is 9.82. The molecule has 0 radical (unpaired) electrons. The van der Waals surface area contributed by atoms with E-state index in [9.17, 15) is 36.7 Å². The van der Waals surface area contributed by atoms with Gasteiger partial charge in [0.2, 0.25) is 11.8 Å². The fraction of sp³-hybridized carbons (Fsp3) is 0.471. The molecule has 2 aromatic carbocycles. The summed E-state index contributed by atoms with van der Waals surface area (Å²) >= 11 is 0. The Kier molecular flexibility index (Phi) is 9.19. The van der Waals surface area contributed by atoms with Gasteiger partial charge in [0, 0.05) is 55.1 Å². The van der Waals surface area contributed by atoms with Crippen LogP contribution in [0.3, 0.4) is 0 Å². The third kappa shape index (κ3) is 6.67. The molecule has 3 aromatic rings. The van der Waals surface area contributed by atoms with Crippen molar-refractivity contribution in [2.24, 2.45) is 17.8 Å². The number of ketones is 2. The number of aromatic amines is 1. The van der Waals surface area contributed by atoms with Crippen LogP contribution in [0.15, 0.2) is 42.5 Å². The number of aryl methyl sites for hydroxylation is 1. The second kappa shape index (κ2) is 12.8. The second-order valence-corrected chi connectivity index (χ2v) is 12.5. The third-order valence-electron chi connectivity index (χ3n) is 9.57. The standard InChI is InChI=1S/C34H37F4N3O4/c1-3-19(2)24(17-22(42)15-20-7-4-5-10-27(20)35)32(45)41-33(29(43)16-21-12-14-39-31(21)44)13-11-28-25(18-33)23-8-6-9-26(30(23)40-28)34(36,37)38/h4-10,19,21,24,40H,3,11-18H2,1-2H3,(H,39,44)(H,41,45)/t19?,21-,24+,33-/m1/s1. The van der Waals surface area contributed by atoms with Gasteiger partial charge in [0.1, 0.15) is 17.1 Å². The van der Waals surface area contributed by atoms with Crippen LogP contribution in [0.4, 0.5) is 17.6 Å². The molecule has 2 heterocycles. The summed E-state index contributed by atoms with van der Waals surface area (Å²) < 4.78 is 55.8. The summed E-state index contributed by atoms with van der Waals surface area (Å²) in [5.74, 6) is -3.63. The van der Waals surface area contributed by atoms with E-state index in [0.29, 0.717) is 36.0 Å². The smallest absolute Gasteiger partial charge is 0.358 e. The molecule has 0 saturated carbocycles. The lowest BCUT2D eigenvalue weighted by molar-refractivity contribution is -0.138. The van der Waals surface area contributed by atoms with E-state index in [4.69, 9.17) is 0 Å². The summed E-state index contributed by atoms with van der Waals surface area (Å²) in [6.45, 7) is 4.14. The zero-order chi connectivity index (χ0) is 32.5. The van der Waals surface area contributed by atoms with E-state index in [1.54, 1.807) is 12.1 Å². The Labute approximate surface area is 258 Å². The fourth-order valence-electron chi connectivity index (χ4n) is 6.72. The number of hydrogen-bond donors (Lipinski definition) is 3. The molecular formula is C34H37F4N3O4. The van der Waals surface area contributed by atoms with Gasteiger partial charge in [-0.3, -0.25) is 19.2 Å². The average Bonchev–Trinajstić information content (AvgIpc) is 3.58. The van der Waals surface area contributed by atoms with Crippen molar-refractivity contribution in [2.75, 3.05) is 6.54 Å². The van der Waals surface area contributed by atoms with Gasteiger partial charge in [-0.05, 0) is 48.4 Å². The monoisotopic (exact) mass is 627 g/mol. The van der Waals surface area contributed by atoms with Crippen LogP contribution in [0, 0.1) is 23.6 Å². The Hall–Kier alpha value is -4.02. The third-order valence-corrected chi connectivity index (χ3v) is 9.57. The number of Topliss-reactive ketones (excluding diaryl/α,β-unsaturated/α-hetero) is 2. The minimum atomic E-state index is -4.59. The lowest BCUT2D eigenvalue weighted by Gasteiger charge is -2.39. The first-order valence-corrected chi connectivity index (χ1v) is 15.4. The molecule has 2 aliphatic rings. The van der Waals surface area contributed by atoms with E-state index < -0.39 is 40.8 Å². The number of alkyl halides is 3. The molecule has 1 aromatic heterocycles. The Balaban J connectivity index is 1.47. The average molecular weight is 628 g/mol. The number of hydrogen-bond acceptors (Lipinski definition) is 4. The predicted octanol–water partition coefficient (Wildman–Crippen LogP) is 5.63. The zero-order valence-corrected chi connectivity index (χ0v) is 25.3. The summed E-state index contributed by atoms with van der Waals surface area (Å²) in [7, 11) is 0. The van der Waals surface area contributed by atoms with Crippen LogP contribution in [0.1, 0.15) is 68.3 Å². The molecule has 2 amide bonds. The van der Waals surface area contributed by atoms with Crippen molar-refractivity contribution in [2.45, 2.75) is 76.9 Å². The van der Waals surface area contributed by atoms with Crippen molar-refractivity contribution in [1.82, 2.24) is 15.6 Å². The van der Waals surface area contributed by atoms with Gasteiger partial charge in [-0.1, -0.05) is 50.6 Å². The zero-order valence-electron chi connectivity index (χ0n) is 25.3. The van der Waals surface area contributed by atoms with Gasteiger partial charge in [-0.2, -0.15) is 13.2 Å². The highest BCUT2D eigenvalue weighted by Crippen LogP contribution is 2.41. The number of nitrogens with one attached hydrogen (secondary N) is 3. The molecule has 7 nitrogen and oxygen atoms in total. The van der Waals surface area contributed by atoms with Crippen molar-refractivity contribution in [3.63, 3.8) is 0 Å². The fourth-order valence-corrected chi connectivity index (χ4v) is 6.72. The number of H-pyrrole nitrogens is 1. The van der Waals surface area contributed by atoms with Gasteiger partial charge in [0.25, 0.3) is 0 Å². The van der Waals surface area contributed by atoms with Crippen LogP contribution in [0.25, 0.3) is 10.9 Å². The predicted molar refractivity (Wildman–Crippen MR) is 160 cm³/mol. The molecule has 1 saturated heterocycles. The molecule has 4 atom stereocenters. The number of carbonyl (C=O) groups is 4. The van der Waals surface area contributed by atoms with E-state index in [0.717, 1.165) is 6.07 Å². The SMILES string of the molecule is CCC(C)[C@H](CC(=O)Cc1ccccc1F)C(=O)N[C@]1(C(=O)C[C@H]2CCNC2=O)CCc2[nH]c3c(C(F)(F)F)cccc3c2C1. The minimum Gasteiger partial charge on any atom is -0.358 e. The molecule has 1 aliphatic heterocycles. The van der Waals surface area contributed by atoms with E-state index in [2.05, 4.69) is 15.6 Å². The first-order chi connectivity index (χ1) is 21.3. The molecule has 45 heavy (non-hydrogen) atoms. The molecule has 240 valence electrons. The highest BCUT2D eigenvalue weighted by Gasteiger charge is 2.47. The van der Waals surface area contributed by atoms with Gasteiger partial charge in [-0.15, -0.1) is 0 Å². The molecule has 1 aliphatic carbocycles. The molecule has 11 heteroatoms. The van der Waals surface area contributed by atoms with Crippen LogP contribution in [0.5, 0.6) is 0 Å². The Morgan fingerprint density at radius 2 is 1.87 bits per heavy atom. The molecule has 3 N–H and O–H groups in total. The van der Waals surface area contributed by atoms with E-state index >= 15 is 0 Å². The molecule has 1 fully saturated rings. The Morgan fingerprint density at radius 3 is 2.53 bits per heavy atom. The normalized spacial score (nSPS) is 21.2. The largest absolute Gasteiger partial charge is 0.418 e. The number of halogens is 4. The number of benzene rings is 2. The molecule has 1 unspecified atom stereocenters. The lowest BCUT2D eigenvalue weighted by Crippen LogP contribution is -2.59. The molecule has 5 rings (SSSR count). The summed E-state index contributed by atoms with van der Waals surface area (Å²) in [5.41, 5.74) is -1.07. The Bertz CT molecular complexity index is 1630. The number of rotatable bonds is 11. The van der Waals surface area contributed by atoms with Crippen LogP contribution < -0.4 is 10.6 Å². The Morgan fingerprint density at radius 1 is 1.11 bits per heavy atom. The maximum Gasteiger partial charge on any atom is 0.418 e. The number of para-hydroxylation sites is 1. The second-order valence-electron chi connectivity index (χ2n) is 12.5. The first-order valence-electron chi connectivity index (χ1n) is 15.4. The number of carbonyl (C=O) groups excluding carboxylic acids is 4. The number of amides is 2. The van der Waals surface area contributed by atoms with Crippen LogP contribution in [-0.4, -0.2) is 40.4 Å². The first kappa shape index (κ1) is 32.4. The van der Waals surface area contributed by atoms with Crippen molar-refractivity contribution in [3.8, 4) is 0 Å². The quantitative estimate of drug-likeness (QED) is 0.240. The number of fused-ring (bicyclic) bond motifs is 3. The van der Waals surface area contributed by atoms with E-state index in [1.165, 1.54) is 24.3 Å². The lowest BCUT2D eigenvalue weighted by atomic mass is 9.73. The highest BCUT2D eigenvalue weighted by atomic mass is 19.4.